The van der Waals surface area contributed by atoms with Gasteiger partial charge in [0, 0.05) is 49.9 Å². The highest BCUT2D eigenvalue weighted by molar-refractivity contribution is 6.30. The minimum Gasteiger partial charge on any atom is -0.399 e. The van der Waals surface area contributed by atoms with Crippen LogP contribution in [0, 0.1) is 0 Å². The molecule has 0 unspecified atom stereocenters. The summed E-state index contributed by atoms with van der Waals surface area (Å²) in [7, 11) is 1.59. The quantitative estimate of drug-likeness (QED) is 0.573. The number of hydrogen-bond donors (Lipinski definition) is 0. The van der Waals surface area contributed by atoms with Crippen molar-refractivity contribution in [3.8, 4) is 0 Å². The third-order valence-corrected chi connectivity index (χ3v) is 5.01. The molecular formula is C20H25ClN4O. The second-order valence-electron chi connectivity index (χ2n) is 6.50. The fourth-order valence-electron chi connectivity index (χ4n) is 3.32. The Kier molecular flexibility index (Phi) is 6.47. The zero-order chi connectivity index (χ0) is 18.4. The summed E-state index contributed by atoms with van der Waals surface area (Å²) in [4.78, 5) is 14.4. The van der Waals surface area contributed by atoms with Crippen LogP contribution in [-0.2, 0) is 4.84 Å². The molecule has 26 heavy (non-hydrogen) atoms. The van der Waals surface area contributed by atoms with E-state index in [0.29, 0.717) is 6.04 Å². The second-order valence-corrected chi connectivity index (χ2v) is 6.93. The van der Waals surface area contributed by atoms with E-state index >= 15 is 0 Å². The molecule has 2 heterocycles. The van der Waals surface area contributed by atoms with E-state index in [4.69, 9.17) is 16.4 Å². The molecule has 0 aliphatic carbocycles. The number of halogens is 1. The van der Waals surface area contributed by atoms with Gasteiger partial charge in [-0.15, -0.1) is 0 Å². The van der Waals surface area contributed by atoms with Crippen molar-refractivity contribution in [3.05, 3.63) is 59.2 Å². The van der Waals surface area contributed by atoms with Crippen molar-refractivity contribution in [2.24, 2.45) is 5.16 Å². The normalized spacial score (nSPS) is 18.8. The Morgan fingerprint density at radius 1 is 1.23 bits per heavy atom. The number of benzene rings is 1. The van der Waals surface area contributed by atoms with E-state index in [0.717, 1.165) is 54.7 Å². The number of aromatic nitrogens is 1. The Morgan fingerprint density at radius 2 is 2.04 bits per heavy atom. The van der Waals surface area contributed by atoms with Crippen LogP contribution in [-0.4, -0.2) is 54.9 Å². The summed E-state index contributed by atoms with van der Waals surface area (Å²) in [5.74, 6) is 1.06. The fourth-order valence-corrected chi connectivity index (χ4v) is 3.45. The summed E-state index contributed by atoms with van der Waals surface area (Å²) in [5, 5.41) is 4.95. The van der Waals surface area contributed by atoms with E-state index in [2.05, 4.69) is 32.9 Å². The Bertz CT molecular complexity index is 720. The van der Waals surface area contributed by atoms with Crippen molar-refractivity contribution in [1.29, 1.82) is 0 Å². The predicted molar refractivity (Wildman–Crippen MR) is 107 cm³/mol. The first-order chi connectivity index (χ1) is 12.7. The minimum absolute atomic E-state index is 0.458. The van der Waals surface area contributed by atoms with Gasteiger partial charge < -0.3 is 9.74 Å². The van der Waals surface area contributed by atoms with E-state index in [9.17, 15) is 0 Å². The van der Waals surface area contributed by atoms with Crippen LogP contribution in [0.4, 0.5) is 5.82 Å². The Labute approximate surface area is 160 Å². The molecule has 0 saturated carbocycles. The van der Waals surface area contributed by atoms with Gasteiger partial charge in [-0.2, -0.15) is 0 Å². The fraction of sp³-hybridized carbons (Fsp3) is 0.400. The van der Waals surface area contributed by atoms with Crippen LogP contribution in [0.1, 0.15) is 18.9 Å². The topological polar surface area (TPSA) is 41.0 Å². The summed E-state index contributed by atoms with van der Waals surface area (Å²) in [5.41, 5.74) is 2.00. The zero-order valence-corrected chi connectivity index (χ0v) is 16.1. The molecule has 5 nitrogen and oxygen atoms in total. The highest BCUT2D eigenvalue weighted by Gasteiger charge is 2.24. The van der Waals surface area contributed by atoms with E-state index in [-0.39, 0.29) is 0 Å². The number of pyridine rings is 1. The summed E-state index contributed by atoms with van der Waals surface area (Å²) < 4.78 is 0. The van der Waals surface area contributed by atoms with Gasteiger partial charge in [0.2, 0.25) is 0 Å². The summed E-state index contributed by atoms with van der Waals surface area (Å²) in [6.45, 7) is 6.19. The first-order valence-corrected chi connectivity index (χ1v) is 9.31. The maximum atomic E-state index is 5.99. The lowest BCUT2D eigenvalue weighted by Crippen LogP contribution is -2.52. The summed E-state index contributed by atoms with van der Waals surface area (Å²) >= 11 is 5.99. The van der Waals surface area contributed by atoms with E-state index in [1.807, 2.05) is 42.6 Å². The average molecular weight is 373 g/mol. The third-order valence-electron chi connectivity index (χ3n) is 4.75. The van der Waals surface area contributed by atoms with E-state index in [1.165, 1.54) is 0 Å². The lowest BCUT2D eigenvalue weighted by molar-refractivity contribution is 0.190. The Morgan fingerprint density at radius 3 is 2.69 bits per heavy atom. The molecule has 1 fully saturated rings. The smallest absolute Gasteiger partial charge is 0.128 e. The average Bonchev–Trinajstić information content (AvgIpc) is 2.67. The van der Waals surface area contributed by atoms with Gasteiger partial charge in [0.15, 0.2) is 0 Å². The lowest BCUT2D eigenvalue weighted by Gasteiger charge is -2.40. The maximum absolute atomic E-state index is 5.99. The predicted octanol–water partition coefficient (Wildman–Crippen LogP) is 3.69. The van der Waals surface area contributed by atoms with E-state index in [1.54, 1.807) is 7.11 Å². The molecular weight excluding hydrogens is 348 g/mol. The molecule has 1 atom stereocenters. The number of rotatable bonds is 6. The molecule has 6 heteroatoms. The molecule has 0 bridgehead atoms. The van der Waals surface area contributed by atoms with Gasteiger partial charge in [-0.3, -0.25) is 4.90 Å². The molecule has 0 spiro atoms. The van der Waals surface area contributed by atoms with Crippen molar-refractivity contribution < 1.29 is 4.84 Å². The molecule has 2 aromatic rings. The molecule has 1 aromatic carbocycles. The summed E-state index contributed by atoms with van der Waals surface area (Å²) in [6, 6.07) is 14.3. The molecule has 0 N–H and O–H groups in total. The van der Waals surface area contributed by atoms with Crippen molar-refractivity contribution in [1.82, 2.24) is 9.88 Å². The van der Waals surface area contributed by atoms with Gasteiger partial charge in [0.05, 0.1) is 5.71 Å². The lowest BCUT2D eigenvalue weighted by atomic mass is 10.1. The standard InChI is InChI=1S/C20H25ClN4O/c1-16-15-25(20-5-3-4-11-22-20)14-13-24(16)12-10-19(23-26-2)17-6-8-18(21)9-7-17/h3-9,11,16H,10,12-15H2,1-2H3/b23-19+/t16-/m0/s1. The largest absolute Gasteiger partial charge is 0.399 e. The zero-order valence-electron chi connectivity index (χ0n) is 15.3. The maximum Gasteiger partial charge on any atom is 0.128 e. The van der Waals surface area contributed by atoms with Gasteiger partial charge in [0.25, 0.3) is 0 Å². The molecule has 3 rings (SSSR count). The first-order valence-electron chi connectivity index (χ1n) is 8.93. The van der Waals surface area contributed by atoms with Gasteiger partial charge in [-0.05, 0) is 36.8 Å². The van der Waals surface area contributed by atoms with Crippen LogP contribution < -0.4 is 4.90 Å². The van der Waals surface area contributed by atoms with Crippen molar-refractivity contribution in [3.63, 3.8) is 0 Å². The molecule has 1 aliphatic heterocycles. The van der Waals surface area contributed by atoms with Gasteiger partial charge in [0.1, 0.15) is 12.9 Å². The molecule has 138 valence electrons. The third kappa shape index (κ3) is 4.74. The number of oxime groups is 1. The SMILES string of the molecule is CO/N=C(\CCN1CCN(c2ccccn2)C[C@@H]1C)c1ccc(Cl)cc1. The Hall–Kier alpha value is -2.11. The molecule has 1 aliphatic rings. The molecule has 1 aromatic heterocycles. The number of hydrogen-bond acceptors (Lipinski definition) is 5. The number of piperazine rings is 1. The van der Waals surface area contributed by atoms with Crippen LogP contribution in [0.5, 0.6) is 0 Å². The minimum atomic E-state index is 0.458. The molecule has 0 amide bonds. The van der Waals surface area contributed by atoms with Gasteiger partial charge in [-0.25, -0.2) is 4.98 Å². The van der Waals surface area contributed by atoms with Crippen molar-refractivity contribution in [2.75, 3.05) is 38.2 Å². The first kappa shape index (κ1) is 18.7. The highest BCUT2D eigenvalue weighted by Crippen LogP contribution is 2.18. The summed E-state index contributed by atoms with van der Waals surface area (Å²) in [6.07, 6.45) is 2.69. The monoisotopic (exact) mass is 372 g/mol. The van der Waals surface area contributed by atoms with Gasteiger partial charge in [-0.1, -0.05) is 35.0 Å². The number of anilines is 1. The van der Waals surface area contributed by atoms with Crippen LogP contribution in [0.2, 0.25) is 5.02 Å². The van der Waals surface area contributed by atoms with E-state index < -0.39 is 0 Å². The highest BCUT2D eigenvalue weighted by atomic mass is 35.5. The van der Waals surface area contributed by atoms with Crippen LogP contribution in [0.3, 0.4) is 0 Å². The molecule has 1 saturated heterocycles. The van der Waals surface area contributed by atoms with Gasteiger partial charge >= 0.3 is 0 Å². The van der Waals surface area contributed by atoms with Crippen LogP contribution >= 0.6 is 11.6 Å². The molecule has 0 radical (unpaired) electrons. The van der Waals surface area contributed by atoms with Crippen molar-refractivity contribution >= 4 is 23.1 Å². The van der Waals surface area contributed by atoms with Crippen LogP contribution in [0.25, 0.3) is 0 Å². The van der Waals surface area contributed by atoms with Crippen molar-refractivity contribution in [2.45, 2.75) is 19.4 Å². The Balaban J connectivity index is 1.58. The number of nitrogens with zero attached hydrogens (tertiary/aromatic N) is 4. The van der Waals surface area contributed by atoms with Crippen LogP contribution in [0.15, 0.2) is 53.8 Å². The second kappa shape index (κ2) is 9.01.